The van der Waals surface area contributed by atoms with Crippen LogP contribution in [0.5, 0.6) is 5.75 Å². The molecule has 0 unspecified atom stereocenters. The molecule has 2 heterocycles. The Hall–Kier alpha value is -4.20. The van der Waals surface area contributed by atoms with Crippen molar-refractivity contribution in [2.45, 2.75) is 26.4 Å². The van der Waals surface area contributed by atoms with Gasteiger partial charge in [0, 0.05) is 47.5 Å². The number of anilines is 1. The Kier molecular flexibility index (Phi) is 6.18. The fourth-order valence-corrected chi connectivity index (χ4v) is 4.70. The molecule has 0 saturated carbocycles. The molecule has 3 aromatic carbocycles. The summed E-state index contributed by atoms with van der Waals surface area (Å²) in [5.41, 5.74) is 4.33. The van der Waals surface area contributed by atoms with Crippen molar-refractivity contribution in [3.8, 4) is 16.9 Å². The van der Waals surface area contributed by atoms with E-state index in [4.69, 9.17) is 4.74 Å². The number of Topliss-reactive ketones (excluding diaryl/α,β-unsaturated/α-hetero) is 1. The topological polar surface area (TPSA) is 87.7 Å². The molecule has 7 nitrogen and oxygen atoms in total. The summed E-state index contributed by atoms with van der Waals surface area (Å²) in [5, 5.41) is 5.66. The van der Waals surface area contributed by atoms with Crippen molar-refractivity contribution in [1.82, 2.24) is 10.6 Å². The van der Waals surface area contributed by atoms with E-state index in [1.165, 1.54) is 19.1 Å². The lowest BCUT2D eigenvalue weighted by Crippen LogP contribution is -2.34. The maximum absolute atomic E-state index is 14.8. The first kappa shape index (κ1) is 23.5. The molecule has 3 amide bonds. The number of ketones is 1. The highest BCUT2D eigenvalue weighted by molar-refractivity contribution is 5.98. The maximum atomic E-state index is 14.8. The fourth-order valence-electron chi connectivity index (χ4n) is 4.70. The standard InChI is InChI=1S/C28H26FN3O4/c1-16-10-20-13-22(36-26(20)24(11-16)23-14-18(17(2)33)6-7-25(23)29)15-31-27(34)19-4-3-5-21(12-19)32-9-8-30-28(32)35/h3-7,10-12,14,22H,8-9,13,15H2,1-2H3,(H,30,35)(H,31,34)/t22-/m0/s1. The predicted molar refractivity (Wildman–Crippen MR) is 134 cm³/mol. The molecular formula is C28H26FN3O4. The number of nitrogens with zero attached hydrogens (tertiary/aromatic N) is 1. The number of halogens is 1. The van der Waals surface area contributed by atoms with Crippen LogP contribution in [-0.4, -0.2) is 43.5 Å². The molecule has 8 heteroatoms. The van der Waals surface area contributed by atoms with Crippen LogP contribution in [-0.2, 0) is 6.42 Å². The molecule has 36 heavy (non-hydrogen) atoms. The molecule has 2 aliphatic heterocycles. The van der Waals surface area contributed by atoms with Crippen molar-refractivity contribution < 1.29 is 23.5 Å². The van der Waals surface area contributed by atoms with Crippen LogP contribution in [0, 0.1) is 12.7 Å². The lowest BCUT2D eigenvalue weighted by Gasteiger charge is -2.16. The van der Waals surface area contributed by atoms with Gasteiger partial charge in [-0.25, -0.2) is 9.18 Å². The number of benzene rings is 3. The van der Waals surface area contributed by atoms with Crippen LogP contribution in [0.1, 0.15) is 38.8 Å². The van der Waals surface area contributed by atoms with Crippen LogP contribution in [0.25, 0.3) is 11.1 Å². The third-order valence-corrected chi connectivity index (χ3v) is 6.47. The molecular weight excluding hydrogens is 461 g/mol. The monoisotopic (exact) mass is 487 g/mol. The summed E-state index contributed by atoms with van der Waals surface area (Å²) < 4.78 is 21.0. The van der Waals surface area contributed by atoms with Gasteiger partial charge in [0.05, 0.1) is 6.54 Å². The number of fused-ring (bicyclic) bond motifs is 1. The average molecular weight is 488 g/mol. The smallest absolute Gasteiger partial charge is 0.321 e. The highest BCUT2D eigenvalue weighted by atomic mass is 19.1. The highest BCUT2D eigenvalue weighted by Gasteiger charge is 2.28. The molecule has 0 radical (unpaired) electrons. The normalized spacial score (nSPS) is 16.4. The van der Waals surface area contributed by atoms with Gasteiger partial charge in [-0.15, -0.1) is 0 Å². The lowest BCUT2D eigenvalue weighted by molar-refractivity contribution is 0.0933. The number of ether oxygens (including phenoxy) is 1. The molecule has 184 valence electrons. The number of hydrogen-bond acceptors (Lipinski definition) is 4. The van der Waals surface area contributed by atoms with E-state index in [2.05, 4.69) is 10.6 Å². The Bertz CT molecular complexity index is 1390. The minimum atomic E-state index is -0.431. The molecule has 1 fully saturated rings. The second-order valence-electron chi connectivity index (χ2n) is 9.14. The van der Waals surface area contributed by atoms with Crippen molar-refractivity contribution in [3.05, 3.63) is 82.7 Å². The predicted octanol–water partition coefficient (Wildman–Crippen LogP) is 4.27. The van der Waals surface area contributed by atoms with Gasteiger partial charge in [0.15, 0.2) is 5.78 Å². The van der Waals surface area contributed by atoms with E-state index in [1.807, 2.05) is 19.1 Å². The van der Waals surface area contributed by atoms with Crippen LogP contribution in [0.3, 0.4) is 0 Å². The third-order valence-electron chi connectivity index (χ3n) is 6.47. The van der Waals surface area contributed by atoms with Gasteiger partial charge in [-0.05, 0) is 67.4 Å². The van der Waals surface area contributed by atoms with Gasteiger partial charge in [-0.1, -0.05) is 12.1 Å². The molecule has 0 aromatic heterocycles. The summed E-state index contributed by atoms with van der Waals surface area (Å²) in [7, 11) is 0. The minimum Gasteiger partial charge on any atom is -0.487 e. The van der Waals surface area contributed by atoms with Gasteiger partial charge in [0.25, 0.3) is 5.91 Å². The number of aryl methyl sites for hydroxylation is 1. The molecule has 0 bridgehead atoms. The zero-order valence-electron chi connectivity index (χ0n) is 20.1. The van der Waals surface area contributed by atoms with Crippen molar-refractivity contribution in [1.29, 1.82) is 0 Å². The SMILES string of the molecule is CC(=O)c1ccc(F)c(-c2cc(C)cc3c2O[C@H](CNC(=O)c2cccc(N4CCNC4=O)c2)C3)c1. The fraction of sp³-hybridized carbons (Fsp3) is 0.250. The molecule has 1 saturated heterocycles. The summed E-state index contributed by atoms with van der Waals surface area (Å²) >= 11 is 0. The van der Waals surface area contributed by atoms with Crippen molar-refractivity contribution in [2.24, 2.45) is 0 Å². The zero-order chi connectivity index (χ0) is 25.4. The minimum absolute atomic E-state index is 0.142. The largest absolute Gasteiger partial charge is 0.487 e. The van der Waals surface area contributed by atoms with Gasteiger partial charge in [-0.2, -0.15) is 0 Å². The Morgan fingerprint density at radius 1 is 1.11 bits per heavy atom. The summed E-state index contributed by atoms with van der Waals surface area (Å²) in [4.78, 5) is 38.2. The van der Waals surface area contributed by atoms with Gasteiger partial charge in [-0.3, -0.25) is 14.5 Å². The van der Waals surface area contributed by atoms with Gasteiger partial charge in [0.2, 0.25) is 0 Å². The molecule has 3 aromatic rings. The van der Waals surface area contributed by atoms with Crippen LogP contribution in [0.15, 0.2) is 54.6 Å². The molecule has 2 aliphatic rings. The maximum Gasteiger partial charge on any atom is 0.321 e. The van der Waals surface area contributed by atoms with E-state index in [0.29, 0.717) is 53.2 Å². The number of carbonyl (C=O) groups excluding carboxylic acids is 3. The molecule has 1 atom stereocenters. The van der Waals surface area contributed by atoms with Crippen LogP contribution in [0.2, 0.25) is 0 Å². The van der Waals surface area contributed by atoms with Crippen LogP contribution >= 0.6 is 0 Å². The molecule has 2 N–H and O–H groups in total. The Morgan fingerprint density at radius 2 is 1.94 bits per heavy atom. The average Bonchev–Trinajstić information content (AvgIpc) is 3.48. The molecule has 0 spiro atoms. The Balaban J connectivity index is 1.31. The molecule has 5 rings (SSSR count). The van der Waals surface area contributed by atoms with Crippen LogP contribution in [0.4, 0.5) is 14.9 Å². The first-order valence-corrected chi connectivity index (χ1v) is 11.8. The number of carbonyl (C=O) groups is 3. The Labute approximate surface area is 208 Å². The van der Waals surface area contributed by atoms with Crippen molar-refractivity contribution in [2.75, 3.05) is 24.5 Å². The number of nitrogens with one attached hydrogen (secondary N) is 2. The van der Waals surface area contributed by atoms with E-state index in [9.17, 15) is 18.8 Å². The first-order valence-electron chi connectivity index (χ1n) is 11.8. The second kappa shape index (κ2) is 9.45. The van der Waals surface area contributed by atoms with Gasteiger partial charge < -0.3 is 15.4 Å². The van der Waals surface area contributed by atoms with Crippen LogP contribution < -0.4 is 20.3 Å². The van der Waals surface area contributed by atoms with Gasteiger partial charge >= 0.3 is 6.03 Å². The van der Waals surface area contributed by atoms with E-state index in [1.54, 1.807) is 35.2 Å². The third kappa shape index (κ3) is 4.54. The van der Waals surface area contributed by atoms with Gasteiger partial charge in [0.1, 0.15) is 17.7 Å². The lowest BCUT2D eigenvalue weighted by atomic mass is 9.95. The number of hydrogen-bond donors (Lipinski definition) is 2. The second-order valence-corrected chi connectivity index (χ2v) is 9.14. The zero-order valence-corrected chi connectivity index (χ0v) is 20.1. The number of rotatable bonds is 6. The summed E-state index contributed by atoms with van der Waals surface area (Å²) in [6, 6.07) is 14.9. The number of urea groups is 1. The summed E-state index contributed by atoms with van der Waals surface area (Å²) in [6.45, 7) is 4.76. The quantitative estimate of drug-likeness (QED) is 0.509. The summed E-state index contributed by atoms with van der Waals surface area (Å²) in [5.74, 6) is -0.273. The molecule has 0 aliphatic carbocycles. The van der Waals surface area contributed by atoms with E-state index in [-0.39, 0.29) is 30.4 Å². The highest BCUT2D eigenvalue weighted by Crippen LogP contribution is 2.41. The summed E-state index contributed by atoms with van der Waals surface area (Å²) in [6.07, 6.45) is 0.239. The number of amides is 3. The Morgan fingerprint density at radius 3 is 2.69 bits per heavy atom. The van der Waals surface area contributed by atoms with E-state index in [0.717, 1.165) is 11.1 Å². The first-order chi connectivity index (χ1) is 17.3. The van der Waals surface area contributed by atoms with Crippen molar-refractivity contribution >= 4 is 23.4 Å². The van der Waals surface area contributed by atoms with Crippen molar-refractivity contribution in [3.63, 3.8) is 0 Å². The van der Waals surface area contributed by atoms with E-state index >= 15 is 0 Å². The van der Waals surface area contributed by atoms with E-state index < -0.39 is 5.82 Å².